The van der Waals surface area contributed by atoms with Gasteiger partial charge in [-0.3, -0.25) is 4.79 Å². The Morgan fingerprint density at radius 3 is 2.65 bits per heavy atom. The molecule has 3 nitrogen and oxygen atoms in total. The monoisotopic (exact) mass is 307 g/mol. The number of carbonyl (C=O) groups excluding carboxylic acids is 1. The Labute approximate surface area is 136 Å². The molecule has 23 heavy (non-hydrogen) atoms. The van der Waals surface area contributed by atoms with Crippen LogP contribution in [0.5, 0.6) is 5.75 Å². The van der Waals surface area contributed by atoms with Crippen LogP contribution in [0, 0.1) is 0 Å². The lowest BCUT2D eigenvalue weighted by Gasteiger charge is -2.28. The summed E-state index contributed by atoms with van der Waals surface area (Å²) in [6.45, 7) is 2.95. The molecule has 0 radical (unpaired) electrons. The lowest BCUT2D eigenvalue weighted by atomic mass is 9.96. The Hall–Kier alpha value is -2.29. The zero-order chi connectivity index (χ0) is 16.0. The van der Waals surface area contributed by atoms with E-state index in [-0.39, 0.29) is 11.9 Å². The van der Waals surface area contributed by atoms with Gasteiger partial charge in [-0.1, -0.05) is 43.3 Å². The van der Waals surface area contributed by atoms with E-state index in [1.807, 2.05) is 24.3 Å². The summed E-state index contributed by atoms with van der Waals surface area (Å²) in [5, 5.41) is 0. The van der Waals surface area contributed by atoms with Crippen molar-refractivity contribution < 1.29 is 9.53 Å². The van der Waals surface area contributed by atoms with Gasteiger partial charge in [-0.2, -0.15) is 0 Å². The minimum atomic E-state index is 0.268. The van der Waals surface area contributed by atoms with Crippen LogP contribution in [0.1, 0.15) is 41.9 Å². The van der Waals surface area contributed by atoms with Crippen molar-refractivity contribution in [1.29, 1.82) is 0 Å². The highest BCUT2D eigenvalue weighted by Gasteiger charge is 2.49. The molecule has 3 heteroatoms. The molecule has 2 aliphatic rings. The largest absolute Gasteiger partial charge is 0.497 e. The molecule has 1 fully saturated rings. The van der Waals surface area contributed by atoms with Crippen LogP contribution in [0.25, 0.3) is 0 Å². The molecule has 1 saturated heterocycles. The summed E-state index contributed by atoms with van der Waals surface area (Å²) in [6.07, 6.45) is 0.613. The third-order valence-corrected chi connectivity index (χ3v) is 5.38. The normalized spacial score (nSPS) is 25.4. The quantitative estimate of drug-likeness (QED) is 0.865. The standard InChI is InChI=1S/C20H21NO2/c1-13-16-9-8-15(23-2)10-17(16)18-11-19(22)21(20(13)18)12-14-6-4-3-5-7-14/h3-10,13,18,20H,11-12H2,1-2H3. The molecule has 0 bridgehead atoms. The summed E-state index contributed by atoms with van der Waals surface area (Å²) in [5.74, 6) is 1.82. The summed E-state index contributed by atoms with van der Waals surface area (Å²) < 4.78 is 5.37. The van der Waals surface area contributed by atoms with E-state index in [1.165, 1.54) is 16.7 Å². The highest BCUT2D eigenvalue weighted by Crippen LogP contribution is 2.51. The summed E-state index contributed by atoms with van der Waals surface area (Å²) in [6, 6.07) is 16.9. The number of hydrogen-bond acceptors (Lipinski definition) is 2. The highest BCUT2D eigenvalue weighted by molar-refractivity contribution is 5.82. The van der Waals surface area contributed by atoms with Gasteiger partial charge >= 0.3 is 0 Å². The zero-order valence-corrected chi connectivity index (χ0v) is 13.5. The van der Waals surface area contributed by atoms with Gasteiger partial charge in [0.15, 0.2) is 0 Å². The number of hydrogen-bond donors (Lipinski definition) is 0. The average molecular weight is 307 g/mol. The highest BCUT2D eigenvalue weighted by atomic mass is 16.5. The van der Waals surface area contributed by atoms with Crippen molar-refractivity contribution in [2.75, 3.05) is 7.11 Å². The number of methoxy groups -OCH3 is 1. The number of carbonyl (C=O) groups is 1. The lowest BCUT2D eigenvalue weighted by Crippen LogP contribution is -2.35. The molecule has 118 valence electrons. The number of rotatable bonds is 3. The molecule has 1 heterocycles. The van der Waals surface area contributed by atoms with Gasteiger partial charge in [0.1, 0.15) is 5.75 Å². The fourth-order valence-electron chi connectivity index (χ4n) is 4.30. The van der Waals surface area contributed by atoms with Gasteiger partial charge in [0.2, 0.25) is 5.91 Å². The second kappa shape index (κ2) is 5.41. The number of fused-ring (bicyclic) bond motifs is 3. The van der Waals surface area contributed by atoms with E-state index in [9.17, 15) is 4.79 Å². The smallest absolute Gasteiger partial charge is 0.223 e. The Morgan fingerprint density at radius 2 is 1.91 bits per heavy atom. The second-order valence-corrected chi connectivity index (χ2v) is 6.59. The molecule has 3 atom stereocenters. The van der Waals surface area contributed by atoms with Gasteiger partial charge in [0, 0.05) is 30.8 Å². The van der Waals surface area contributed by atoms with Crippen molar-refractivity contribution in [3.8, 4) is 5.75 Å². The SMILES string of the molecule is COc1ccc2c(c1)C1CC(=O)N(Cc3ccccc3)C1C2C. The molecule has 4 rings (SSSR count). The predicted octanol–water partition coefficient (Wildman–Crippen LogP) is 3.70. The van der Waals surface area contributed by atoms with E-state index >= 15 is 0 Å². The van der Waals surface area contributed by atoms with Crippen molar-refractivity contribution in [3.63, 3.8) is 0 Å². The molecule has 3 unspecified atom stereocenters. The van der Waals surface area contributed by atoms with Crippen molar-refractivity contribution in [2.24, 2.45) is 0 Å². The van der Waals surface area contributed by atoms with Crippen molar-refractivity contribution in [2.45, 2.75) is 37.8 Å². The molecule has 1 aliphatic heterocycles. The van der Waals surface area contributed by atoms with Crippen LogP contribution in [0.3, 0.4) is 0 Å². The molecule has 0 saturated carbocycles. The van der Waals surface area contributed by atoms with Crippen LogP contribution >= 0.6 is 0 Å². The van der Waals surface area contributed by atoms with Crippen LogP contribution < -0.4 is 4.74 Å². The van der Waals surface area contributed by atoms with Crippen molar-refractivity contribution in [3.05, 3.63) is 65.2 Å². The van der Waals surface area contributed by atoms with E-state index in [1.54, 1.807) is 7.11 Å². The van der Waals surface area contributed by atoms with Crippen LogP contribution in [0.4, 0.5) is 0 Å². The molecular formula is C20H21NO2. The van der Waals surface area contributed by atoms with E-state index < -0.39 is 0 Å². The molecule has 0 spiro atoms. The van der Waals surface area contributed by atoms with Crippen LogP contribution in [0.15, 0.2) is 48.5 Å². The first-order valence-corrected chi connectivity index (χ1v) is 8.20. The number of benzene rings is 2. The molecule has 0 aromatic heterocycles. The fraction of sp³-hybridized carbons (Fsp3) is 0.350. The molecular weight excluding hydrogens is 286 g/mol. The maximum absolute atomic E-state index is 12.6. The molecule has 2 aromatic rings. The maximum atomic E-state index is 12.6. The zero-order valence-electron chi connectivity index (χ0n) is 13.5. The van der Waals surface area contributed by atoms with Crippen molar-refractivity contribution >= 4 is 5.91 Å². The first-order chi connectivity index (χ1) is 11.2. The predicted molar refractivity (Wildman–Crippen MR) is 89.5 cm³/mol. The van der Waals surface area contributed by atoms with Gasteiger partial charge in [-0.25, -0.2) is 0 Å². The van der Waals surface area contributed by atoms with Crippen LogP contribution in [0.2, 0.25) is 0 Å². The number of nitrogens with zero attached hydrogens (tertiary/aromatic N) is 1. The lowest BCUT2D eigenvalue weighted by molar-refractivity contribution is -0.129. The van der Waals surface area contributed by atoms with E-state index in [0.717, 1.165) is 5.75 Å². The van der Waals surface area contributed by atoms with Crippen LogP contribution in [-0.2, 0) is 11.3 Å². The Bertz CT molecular complexity index is 741. The second-order valence-electron chi connectivity index (χ2n) is 6.59. The third-order valence-electron chi connectivity index (χ3n) is 5.38. The third kappa shape index (κ3) is 2.23. The van der Waals surface area contributed by atoms with E-state index in [4.69, 9.17) is 4.74 Å². The van der Waals surface area contributed by atoms with E-state index in [2.05, 4.69) is 36.1 Å². The average Bonchev–Trinajstić information content (AvgIpc) is 3.04. The summed E-state index contributed by atoms with van der Waals surface area (Å²) in [5.41, 5.74) is 3.86. The molecule has 1 aliphatic carbocycles. The van der Waals surface area contributed by atoms with Gasteiger partial charge < -0.3 is 9.64 Å². The van der Waals surface area contributed by atoms with Crippen LogP contribution in [-0.4, -0.2) is 24.0 Å². The van der Waals surface area contributed by atoms with Gasteiger partial charge in [0.05, 0.1) is 7.11 Å². The minimum Gasteiger partial charge on any atom is -0.497 e. The summed E-state index contributed by atoms with van der Waals surface area (Å²) in [4.78, 5) is 14.7. The van der Waals surface area contributed by atoms with E-state index in [0.29, 0.717) is 24.8 Å². The summed E-state index contributed by atoms with van der Waals surface area (Å²) in [7, 11) is 1.69. The van der Waals surface area contributed by atoms with Gasteiger partial charge in [-0.05, 0) is 28.8 Å². The number of amides is 1. The molecule has 0 N–H and O–H groups in total. The Morgan fingerprint density at radius 1 is 1.13 bits per heavy atom. The first-order valence-electron chi connectivity index (χ1n) is 8.20. The minimum absolute atomic E-state index is 0.268. The first kappa shape index (κ1) is 14.3. The number of likely N-dealkylation sites (tertiary alicyclic amines) is 1. The van der Waals surface area contributed by atoms with Gasteiger partial charge in [-0.15, -0.1) is 0 Å². The fourth-order valence-corrected chi connectivity index (χ4v) is 4.30. The molecule has 2 aromatic carbocycles. The topological polar surface area (TPSA) is 29.5 Å². The van der Waals surface area contributed by atoms with Gasteiger partial charge in [0.25, 0.3) is 0 Å². The number of ether oxygens (including phenoxy) is 1. The Balaban J connectivity index is 1.67. The van der Waals surface area contributed by atoms with Crippen molar-refractivity contribution in [1.82, 2.24) is 4.90 Å². The molecule has 1 amide bonds. The Kier molecular flexibility index (Phi) is 3.37. The summed E-state index contributed by atoms with van der Waals surface area (Å²) >= 11 is 0. The maximum Gasteiger partial charge on any atom is 0.223 e.